The summed E-state index contributed by atoms with van der Waals surface area (Å²) in [6.07, 6.45) is 4.51. The molecule has 0 spiro atoms. The summed E-state index contributed by atoms with van der Waals surface area (Å²) in [5.41, 5.74) is 1.86. The van der Waals surface area contributed by atoms with Gasteiger partial charge in [0.25, 0.3) is 0 Å². The molecule has 4 N–H and O–H groups in total. The number of carbonyl (C=O) groups excluding carboxylic acids is 4. The van der Waals surface area contributed by atoms with Crippen LogP contribution in [0, 0.1) is 5.92 Å². The van der Waals surface area contributed by atoms with E-state index in [2.05, 4.69) is 38.3 Å². The second-order valence-electron chi connectivity index (χ2n) is 9.27. The van der Waals surface area contributed by atoms with E-state index >= 15 is 0 Å². The van der Waals surface area contributed by atoms with Gasteiger partial charge in [-0.3, -0.25) is 19.2 Å². The number of aromatic nitrogens is 1. The highest BCUT2D eigenvalue weighted by molar-refractivity contribution is 7.81. The molecule has 0 radical (unpaired) electrons. The topological polar surface area (TPSA) is 129 Å². The van der Waals surface area contributed by atoms with Crippen molar-refractivity contribution in [2.45, 2.75) is 69.7 Å². The van der Waals surface area contributed by atoms with Crippen LogP contribution in [-0.4, -0.2) is 60.2 Å². The van der Waals surface area contributed by atoms with Crippen molar-refractivity contribution in [3.63, 3.8) is 0 Å². The first-order valence-electron chi connectivity index (χ1n) is 12.3. The first-order valence-corrected chi connectivity index (χ1v) is 12.8. The number of H-pyrrole nitrogens is 1. The van der Waals surface area contributed by atoms with Crippen molar-refractivity contribution in [3.05, 3.63) is 36.0 Å². The van der Waals surface area contributed by atoms with Gasteiger partial charge in [0.15, 0.2) is 0 Å². The Kier molecular flexibility index (Phi) is 11.8. The van der Waals surface area contributed by atoms with Gasteiger partial charge >= 0.3 is 5.97 Å². The second kappa shape index (κ2) is 14.5. The Morgan fingerprint density at radius 1 is 1.00 bits per heavy atom. The Morgan fingerprint density at radius 2 is 1.69 bits per heavy atom. The van der Waals surface area contributed by atoms with Crippen molar-refractivity contribution >= 4 is 47.2 Å². The van der Waals surface area contributed by atoms with Crippen LogP contribution in [0.2, 0.25) is 0 Å². The highest BCUT2D eigenvalue weighted by Crippen LogP contribution is 2.19. The fourth-order valence-electron chi connectivity index (χ4n) is 3.99. The zero-order valence-corrected chi connectivity index (χ0v) is 22.3. The number of benzene rings is 1. The first kappa shape index (κ1) is 29.2. The number of unbranched alkanes of at least 4 members (excludes halogenated alkanes) is 1. The van der Waals surface area contributed by atoms with Crippen LogP contribution in [-0.2, 0) is 30.3 Å². The summed E-state index contributed by atoms with van der Waals surface area (Å²) in [6, 6.07) is 6.14. The Labute approximate surface area is 217 Å². The van der Waals surface area contributed by atoms with E-state index in [4.69, 9.17) is 0 Å². The van der Waals surface area contributed by atoms with E-state index in [1.807, 2.05) is 44.3 Å². The maximum Gasteiger partial charge on any atom is 0.305 e. The lowest BCUT2D eigenvalue weighted by Crippen LogP contribution is -2.55. The number of fused-ring (bicyclic) bond motifs is 1. The summed E-state index contributed by atoms with van der Waals surface area (Å²) in [4.78, 5) is 53.1. The fourth-order valence-corrected chi connectivity index (χ4v) is 4.24. The molecular formula is C26H38N4O5S. The number of methoxy groups -OCH3 is 1. The maximum absolute atomic E-state index is 13.2. The number of rotatable bonds is 14. The Morgan fingerprint density at radius 3 is 2.36 bits per heavy atom. The molecule has 2 rings (SSSR count). The molecule has 1 heterocycles. The average molecular weight is 519 g/mol. The number of carbonyl (C=O) groups is 4. The quantitative estimate of drug-likeness (QED) is 0.149. The van der Waals surface area contributed by atoms with Gasteiger partial charge in [-0.15, -0.1) is 0 Å². The highest BCUT2D eigenvalue weighted by atomic mass is 32.1. The number of para-hydroxylation sites is 1. The van der Waals surface area contributed by atoms with Gasteiger partial charge in [-0.1, -0.05) is 38.5 Å². The lowest BCUT2D eigenvalue weighted by molar-refractivity contribution is -0.140. The van der Waals surface area contributed by atoms with E-state index in [1.54, 1.807) is 0 Å². The van der Waals surface area contributed by atoms with Crippen molar-refractivity contribution in [2.75, 3.05) is 14.2 Å². The van der Waals surface area contributed by atoms with E-state index in [0.29, 0.717) is 32.1 Å². The SMILES string of the molecule is CNC(=O)C(Cc1c[nH]c2ccccc12)NC(=O)C(CC(C)C)NC(=O)C(S)CCCCC(=O)OC. The summed E-state index contributed by atoms with van der Waals surface area (Å²) in [6.45, 7) is 3.92. The molecule has 3 unspecified atom stereocenters. The van der Waals surface area contributed by atoms with Crippen molar-refractivity contribution in [2.24, 2.45) is 5.92 Å². The molecule has 0 bridgehead atoms. The van der Waals surface area contributed by atoms with Crippen molar-refractivity contribution in [1.29, 1.82) is 0 Å². The molecule has 2 aromatic rings. The molecule has 1 aromatic carbocycles. The van der Waals surface area contributed by atoms with E-state index in [9.17, 15) is 19.2 Å². The van der Waals surface area contributed by atoms with E-state index in [1.165, 1.54) is 14.2 Å². The lowest BCUT2D eigenvalue weighted by Gasteiger charge is -2.25. The van der Waals surface area contributed by atoms with Gasteiger partial charge in [-0.2, -0.15) is 12.6 Å². The minimum atomic E-state index is -0.808. The van der Waals surface area contributed by atoms with Gasteiger partial charge in [0.05, 0.1) is 12.4 Å². The smallest absolute Gasteiger partial charge is 0.305 e. The second-order valence-corrected chi connectivity index (χ2v) is 9.89. The predicted octanol–water partition coefficient (Wildman–Crippen LogP) is 2.50. The van der Waals surface area contributed by atoms with E-state index in [0.717, 1.165) is 16.5 Å². The number of esters is 1. The van der Waals surface area contributed by atoms with Gasteiger partial charge in [0.2, 0.25) is 17.7 Å². The summed E-state index contributed by atoms with van der Waals surface area (Å²) in [5.74, 6) is -1.25. The summed E-state index contributed by atoms with van der Waals surface area (Å²) < 4.78 is 4.62. The molecule has 198 valence electrons. The molecule has 3 amide bonds. The number of hydrogen-bond acceptors (Lipinski definition) is 6. The molecule has 0 aliphatic rings. The number of hydrogen-bond donors (Lipinski definition) is 5. The van der Waals surface area contributed by atoms with Gasteiger partial charge in [-0.25, -0.2) is 0 Å². The lowest BCUT2D eigenvalue weighted by atomic mass is 10.0. The molecule has 10 heteroatoms. The summed E-state index contributed by atoms with van der Waals surface area (Å²) >= 11 is 4.39. The molecule has 3 atom stereocenters. The molecule has 1 aromatic heterocycles. The zero-order chi connectivity index (χ0) is 26.7. The first-order chi connectivity index (χ1) is 17.2. The Bertz CT molecular complexity index is 1040. The molecule has 0 saturated carbocycles. The maximum atomic E-state index is 13.2. The van der Waals surface area contributed by atoms with Crippen LogP contribution in [0.3, 0.4) is 0 Å². The third-order valence-corrected chi connectivity index (χ3v) is 6.45. The van der Waals surface area contributed by atoms with Crippen LogP contribution >= 0.6 is 12.6 Å². The van der Waals surface area contributed by atoms with Crippen LogP contribution in [0.1, 0.15) is 51.5 Å². The number of aromatic amines is 1. The van der Waals surface area contributed by atoms with E-state index in [-0.39, 0.29) is 30.1 Å². The number of ether oxygens (including phenoxy) is 1. The van der Waals surface area contributed by atoms with Gasteiger partial charge in [-0.05, 0) is 36.8 Å². The molecule has 36 heavy (non-hydrogen) atoms. The summed E-state index contributed by atoms with van der Waals surface area (Å²) in [5, 5.41) is 8.62. The van der Waals surface area contributed by atoms with Crippen molar-refractivity contribution in [3.8, 4) is 0 Å². The van der Waals surface area contributed by atoms with Gasteiger partial charge in [0.1, 0.15) is 12.1 Å². The molecule has 0 aliphatic carbocycles. The van der Waals surface area contributed by atoms with Crippen LogP contribution in [0.5, 0.6) is 0 Å². The highest BCUT2D eigenvalue weighted by Gasteiger charge is 2.29. The summed E-state index contributed by atoms with van der Waals surface area (Å²) in [7, 11) is 2.86. The average Bonchev–Trinajstić information content (AvgIpc) is 3.27. The Hall–Kier alpha value is -3.01. The minimum Gasteiger partial charge on any atom is -0.469 e. The normalized spacial score (nSPS) is 13.6. The van der Waals surface area contributed by atoms with Gasteiger partial charge in [0, 0.05) is 37.0 Å². The Balaban J connectivity index is 2.04. The standard InChI is InChI=1S/C26H38N4O5S/c1-16(2)13-20(30-26(34)22(36)11-7-8-12-23(31)35-4)25(33)29-21(24(32)27-3)14-17-15-28-19-10-6-5-9-18(17)19/h5-6,9-10,15-16,20-22,28,36H,7-8,11-14H2,1-4H3,(H,27,32)(H,29,33)(H,30,34). The van der Waals surface area contributed by atoms with Crippen LogP contribution < -0.4 is 16.0 Å². The van der Waals surface area contributed by atoms with Crippen molar-refractivity contribution in [1.82, 2.24) is 20.9 Å². The van der Waals surface area contributed by atoms with Gasteiger partial charge < -0.3 is 25.7 Å². The molecule has 0 fully saturated rings. The molecule has 0 aliphatic heterocycles. The molecular weight excluding hydrogens is 480 g/mol. The van der Waals surface area contributed by atoms with E-state index < -0.39 is 23.2 Å². The minimum absolute atomic E-state index is 0.131. The fraction of sp³-hybridized carbons (Fsp3) is 0.538. The van der Waals surface area contributed by atoms with Crippen LogP contribution in [0.4, 0.5) is 0 Å². The monoisotopic (exact) mass is 518 g/mol. The third-order valence-electron chi connectivity index (χ3n) is 5.96. The third kappa shape index (κ3) is 8.89. The number of amides is 3. The van der Waals surface area contributed by atoms with Crippen LogP contribution in [0.15, 0.2) is 30.5 Å². The number of likely N-dealkylation sites (N-methyl/N-ethyl adjacent to an activating group) is 1. The molecule has 0 saturated heterocycles. The number of thiol groups is 1. The van der Waals surface area contributed by atoms with Crippen LogP contribution in [0.25, 0.3) is 10.9 Å². The number of nitrogens with one attached hydrogen (secondary N) is 4. The predicted molar refractivity (Wildman–Crippen MR) is 143 cm³/mol. The molecule has 9 nitrogen and oxygen atoms in total. The van der Waals surface area contributed by atoms with Crippen molar-refractivity contribution < 1.29 is 23.9 Å². The largest absolute Gasteiger partial charge is 0.469 e. The zero-order valence-electron chi connectivity index (χ0n) is 21.4.